The van der Waals surface area contributed by atoms with E-state index in [2.05, 4.69) is 19.9 Å². The smallest absolute Gasteiger partial charge is 0.254 e. The van der Waals surface area contributed by atoms with Crippen molar-refractivity contribution in [3.8, 4) is 0 Å². The number of carbonyl (C=O) groups is 2. The van der Waals surface area contributed by atoms with E-state index in [1.807, 2.05) is 25.1 Å². The molecule has 25 heavy (non-hydrogen) atoms. The van der Waals surface area contributed by atoms with Crippen LogP contribution in [0.5, 0.6) is 0 Å². The van der Waals surface area contributed by atoms with Gasteiger partial charge in [0.1, 0.15) is 11.6 Å². The van der Waals surface area contributed by atoms with E-state index in [1.165, 1.54) is 6.92 Å². The molecule has 1 unspecified atom stereocenters. The van der Waals surface area contributed by atoms with E-state index >= 15 is 0 Å². The van der Waals surface area contributed by atoms with Gasteiger partial charge in [-0.25, -0.2) is 9.97 Å². The van der Waals surface area contributed by atoms with Gasteiger partial charge in [-0.15, -0.1) is 0 Å². The lowest BCUT2D eigenvalue weighted by Crippen LogP contribution is -2.39. The van der Waals surface area contributed by atoms with Crippen molar-refractivity contribution in [3.05, 3.63) is 41.6 Å². The summed E-state index contributed by atoms with van der Waals surface area (Å²) in [6.45, 7) is 4.79. The monoisotopic (exact) mass is 341 g/mol. The molecule has 0 aromatic carbocycles. The van der Waals surface area contributed by atoms with Gasteiger partial charge in [0.05, 0.1) is 5.69 Å². The zero-order valence-corrected chi connectivity index (χ0v) is 14.8. The number of hydrogen-bond acceptors (Lipinski definition) is 4. The van der Waals surface area contributed by atoms with Crippen LogP contribution in [0.3, 0.4) is 0 Å². The van der Waals surface area contributed by atoms with Crippen molar-refractivity contribution < 1.29 is 9.59 Å². The summed E-state index contributed by atoms with van der Waals surface area (Å²) in [6.07, 6.45) is 5.54. The molecule has 3 rings (SSSR count). The normalized spacial score (nSPS) is 17.4. The molecule has 1 N–H and O–H groups in total. The summed E-state index contributed by atoms with van der Waals surface area (Å²) in [5, 5.41) is 2.61. The Morgan fingerprint density at radius 1 is 1.36 bits per heavy atom. The fraction of sp³-hybridized carbons (Fsp3) is 0.444. The second-order valence-corrected chi connectivity index (χ2v) is 6.55. The number of hydrogen-bond donors (Lipinski definition) is 1. The Morgan fingerprint density at radius 2 is 2.16 bits per heavy atom. The molecular formula is C18H23N5O2. The molecule has 1 aliphatic rings. The fourth-order valence-corrected chi connectivity index (χ4v) is 3.38. The summed E-state index contributed by atoms with van der Waals surface area (Å²) in [4.78, 5) is 34.6. The number of pyridine rings is 1. The molecule has 1 aliphatic heterocycles. The molecule has 2 aromatic rings. The minimum Gasteiger partial charge on any atom is -0.338 e. The van der Waals surface area contributed by atoms with Crippen LogP contribution in [0.25, 0.3) is 0 Å². The summed E-state index contributed by atoms with van der Waals surface area (Å²) in [6, 6.07) is 3.31. The van der Waals surface area contributed by atoms with E-state index in [9.17, 15) is 9.59 Å². The number of piperidine rings is 1. The Kier molecular flexibility index (Phi) is 4.83. The number of carbonyl (C=O) groups excluding carboxylic acids is 2. The van der Waals surface area contributed by atoms with Crippen LogP contribution in [0.4, 0.5) is 5.82 Å². The number of aryl methyl sites for hydroxylation is 2. The van der Waals surface area contributed by atoms with Crippen LogP contribution in [-0.4, -0.2) is 44.3 Å². The van der Waals surface area contributed by atoms with Crippen LogP contribution >= 0.6 is 0 Å². The van der Waals surface area contributed by atoms with E-state index in [4.69, 9.17) is 0 Å². The van der Waals surface area contributed by atoms with E-state index in [0.717, 1.165) is 30.9 Å². The SMILES string of the molecule is CC(=O)Nc1cc(C(=O)N2CCCC(c3nc(C)cn3C)C2)ccn1. The topological polar surface area (TPSA) is 80.1 Å². The highest BCUT2D eigenvalue weighted by Gasteiger charge is 2.28. The van der Waals surface area contributed by atoms with E-state index in [1.54, 1.807) is 18.3 Å². The standard InChI is InChI=1S/C18H23N5O2/c1-12-10-22(3)17(20-12)15-5-4-8-23(11-15)18(25)14-6-7-19-16(9-14)21-13(2)24/h6-7,9-10,15H,4-5,8,11H2,1-3H3,(H,19,21,24). The molecule has 0 bridgehead atoms. The maximum Gasteiger partial charge on any atom is 0.254 e. The van der Waals surface area contributed by atoms with Crippen LogP contribution in [0.15, 0.2) is 24.5 Å². The van der Waals surface area contributed by atoms with Gasteiger partial charge in [0.25, 0.3) is 5.91 Å². The number of imidazole rings is 1. The number of rotatable bonds is 3. The van der Waals surface area contributed by atoms with Crippen molar-refractivity contribution in [1.29, 1.82) is 0 Å². The lowest BCUT2D eigenvalue weighted by molar-refractivity contribution is -0.114. The molecular weight excluding hydrogens is 318 g/mol. The highest BCUT2D eigenvalue weighted by molar-refractivity contribution is 5.96. The maximum atomic E-state index is 12.9. The molecule has 3 heterocycles. The molecule has 0 spiro atoms. The molecule has 0 aliphatic carbocycles. The number of nitrogens with one attached hydrogen (secondary N) is 1. The summed E-state index contributed by atoms with van der Waals surface area (Å²) in [5.74, 6) is 1.42. The summed E-state index contributed by atoms with van der Waals surface area (Å²) in [7, 11) is 2.00. The number of anilines is 1. The molecule has 7 heteroatoms. The zero-order valence-electron chi connectivity index (χ0n) is 14.8. The Balaban J connectivity index is 1.76. The lowest BCUT2D eigenvalue weighted by atomic mass is 9.96. The molecule has 7 nitrogen and oxygen atoms in total. The lowest BCUT2D eigenvalue weighted by Gasteiger charge is -2.32. The highest BCUT2D eigenvalue weighted by atomic mass is 16.2. The van der Waals surface area contributed by atoms with Crippen LogP contribution in [0, 0.1) is 6.92 Å². The van der Waals surface area contributed by atoms with Crippen LogP contribution in [-0.2, 0) is 11.8 Å². The van der Waals surface area contributed by atoms with Gasteiger partial charge in [0.2, 0.25) is 5.91 Å². The van der Waals surface area contributed by atoms with Gasteiger partial charge >= 0.3 is 0 Å². The summed E-state index contributed by atoms with van der Waals surface area (Å²) in [5.41, 5.74) is 1.53. The average molecular weight is 341 g/mol. The molecule has 0 saturated carbocycles. The Labute approximate surface area is 147 Å². The molecule has 2 aromatic heterocycles. The highest BCUT2D eigenvalue weighted by Crippen LogP contribution is 2.27. The fourth-order valence-electron chi connectivity index (χ4n) is 3.38. The molecule has 1 atom stereocenters. The first-order valence-electron chi connectivity index (χ1n) is 8.47. The van der Waals surface area contributed by atoms with Gasteiger partial charge in [0, 0.05) is 50.9 Å². The average Bonchev–Trinajstić information content (AvgIpc) is 2.92. The predicted molar refractivity (Wildman–Crippen MR) is 94.4 cm³/mol. The Morgan fingerprint density at radius 3 is 2.84 bits per heavy atom. The van der Waals surface area contributed by atoms with Crippen molar-refractivity contribution in [2.45, 2.75) is 32.6 Å². The molecule has 2 amide bonds. The zero-order chi connectivity index (χ0) is 18.0. The van der Waals surface area contributed by atoms with Crippen molar-refractivity contribution in [3.63, 3.8) is 0 Å². The quantitative estimate of drug-likeness (QED) is 0.927. The van der Waals surface area contributed by atoms with Crippen molar-refractivity contribution in [1.82, 2.24) is 19.4 Å². The number of amides is 2. The van der Waals surface area contributed by atoms with Crippen LogP contribution in [0.2, 0.25) is 0 Å². The van der Waals surface area contributed by atoms with Crippen molar-refractivity contribution >= 4 is 17.6 Å². The van der Waals surface area contributed by atoms with Gasteiger partial charge in [0.15, 0.2) is 0 Å². The molecule has 132 valence electrons. The van der Waals surface area contributed by atoms with E-state index in [-0.39, 0.29) is 17.7 Å². The third-order valence-electron chi connectivity index (χ3n) is 4.42. The largest absolute Gasteiger partial charge is 0.338 e. The van der Waals surface area contributed by atoms with Gasteiger partial charge < -0.3 is 14.8 Å². The first-order valence-corrected chi connectivity index (χ1v) is 8.47. The van der Waals surface area contributed by atoms with Gasteiger partial charge in [-0.3, -0.25) is 9.59 Å². The summed E-state index contributed by atoms with van der Waals surface area (Å²) >= 11 is 0. The number of likely N-dealkylation sites (tertiary alicyclic amines) is 1. The van der Waals surface area contributed by atoms with Crippen molar-refractivity contribution in [2.75, 3.05) is 18.4 Å². The van der Waals surface area contributed by atoms with Gasteiger partial charge in [-0.05, 0) is 31.9 Å². The first-order chi connectivity index (χ1) is 11.9. The summed E-state index contributed by atoms with van der Waals surface area (Å²) < 4.78 is 2.05. The minimum absolute atomic E-state index is 0.0374. The molecule has 0 radical (unpaired) electrons. The minimum atomic E-state index is -0.208. The molecule has 1 saturated heterocycles. The van der Waals surface area contributed by atoms with Crippen LogP contribution in [0.1, 0.15) is 47.6 Å². The van der Waals surface area contributed by atoms with E-state index in [0.29, 0.717) is 17.9 Å². The van der Waals surface area contributed by atoms with Gasteiger partial charge in [-0.1, -0.05) is 0 Å². The number of aromatic nitrogens is 3. The third-order valence-corrected chi connectivity index (χ3v) is 4.42. The molecule has 1 fully saturated rings. The number of nitrogens with zero attached hydrogens (tertiary/aromatic N) is 4. The van der Waals surface area contributed by atoms with Crippen LogP contribution < -0.4 is 5.32 Å². The first kappa shape index (κ1) is 17.1. The third kappa shape index (κ3) is 3.87. The van der Waals surface area contributed by atoms with E-state index < -0.39 is 0 Å². The second-order valence-electron chi connectivity index (χ2n) is 6.55. The van der Waals surface area contributed by atoms with Gasteiger partial charge in [-0.2, -0.15) is 0 Å². The predicted octanol–water partition coefficient (Wildman–Crippen LogP) is 2.10. The van der Waals surface area contributed by atoms with Crippen molar-refractivity contribution in [2.24, 2.45) is 7.05 Å². The second kappa shape index (κ2) is 7.04. The maximum absolute atomic E-state index is 12.9. The Bertz CT molecular complexity index is 799. The Hall–Kier alpha value is -2.70.